The lowest BCUT2D eigenvalue weighted by Crippen LogP contribution is -2.34. The number of nitrogens with one attached hydrogen (secondary N) is 1. The Balaban J connectivity index is 1.98. The lowest BCUT2D eigenvalue weighted by atomic mass is 9.94. The van der Waals surface area contributed by atoms with Crippen molar-refractivity contribution in [3.63, 3.8) is 0 Å². The molecule has 1 aliphatic carbocycles. The van der Waals surface area contributed by atoms with Crippen LogP contribution in [0, 0.1) is 0 Å². The second kappa shape index (κ2) is 8.04. The van der Waals surface area contributed by atoms with E-state index in [1.54, 1.807) is 0 Å². The molecule has 0 aromatic rings. The summed E-state index contributed by atoms with van der Waals surface area (Å²) in [4.78, 5) is 0. The molecule has 0 saturated heterocycles. The molecule has 0 unspecified atom stereocenters. The molecule has 1 aliphatic rings. The molecule has 0 atom stereocenters. The van der Waals surface area contributed by atoms with Gasteiger partial charge in [0.05, 0.1) is 12.7 Å². The molecule has 0 radical (unpaired) electrons. The molecule has 0 heterocycles. The van der Waals surface area contributed by atoms with E-state index in [4.69, 9.17) is 10.5 Å². The van der Waals surface area contributed by atoms with Gasteiger partial charge in [0.2, 0.25) is 0 Å². The average Bonchev–Trinajstić information content (AvgIpc) is 2.32. The Bertz CT molecular complexity index is 163. The summed E-state index contributed by atoms with van der Waals surface area (Å²) in [6, 6.07) is 1.07. The van der Waals surface area contributed by atoms with E-state index >= 15 is 0 Å². The number of nitrogens with two attached hydrogens (primary N) is 1. The van der Waals surface area contributed by atoms with Crippen LogP contribution < -0.4 is 11.1 Å². The summed E-state index contributed by atoms with van der Waals surface area (Å²) < 4.78 is 5.85. The fourth-order valence-corrected chi connectivity index (χ4v) is 2.32. The Kier molecular flexibility index (Phi) is 7.01. The third kappa shape index (κ3) is 5.28. The van der Waals surface area contributed by atoms with Crippen molar-refractivity contribution >= 4 is 0 Å². The summed E-state index contributed by atoms with van der Waals surface area (Å²) >= 11 is 0. The number of rotatable bonds is 7. The summed E-state index contributed by atoms with van der Waals surface area (Å²) in [5.74, 6) is 0. The molecule has 0 aliphatic heterocycles. The van der Waals surface area contributed by atoms with Crippen molar-refractivity contribution in [2.24, 2.45) is 5.73 Å². The van der Waals surface area contributed by atoms with Gasteiger partial charge in [-0.2, -0.15) is 0 Å². The summed E-state index contributed by atoms with van der Waals surface area (Å²) in [6.07, 6.45) is 7.42. The lowest BCUT2D eigenvalue weighted by molar-refractivity contribution is 0.0260. The first-order valence-corrected chi connectivity index (χ1v) is 6.86. The highest BCUT2D eigenvalue weighted by atomic mass is 16.5. The van der Waals surface area contributed by atoms with Gasteiger partial charge in [-0.15, -0.1) is 0 Å². The summed E-state index contributed by atoms with van der Waals surface area (Å²) in [5, 5.41) is 3.52. The van der Waals surface area contributed by atoms with Gasteiger partial charge >= 0.3 is 0 Å². The standard InChI is InChI=1S/C13H28N2O/c1-3-12(4-2)15-9-10-16-13-7-5-11(14)6-8-13/h11-13,15H,3-10,14H2,1-2H3. The molecule has 3 N–H and O–H groups in total. The molecule has 0 spiro atoms. The fourth-order valence-electron chi connectivity index (χ4n) is 2.32. The minimum atomic E-state index is 0.419. The monoisotopic (exact) mass is 228 g/mol. The van der Waals surface area contributed by atoms with Crippen LogP contribution in [-0.2, 0) is 4.74 Å². The maximum atomic E-state index is 5.86. The fraction of sp³-hybridized carbons (Fsp3) is 1.00. The highest BCUT2D eigenvalue weighted by Gasteiger charge is 2.18. The predicted octanol–water partition coefficient (Wildman–Crippen LogP) is 2.05. The van der Waals surface area contributed by atoms with E-state index in [-0.39, 0.29) is 0 Å². The molecule has 96 valence electrons. The third-order valence-electron chi connectivity index (χ3n) is 3.59. The molecule has 0 aromatic heterocycles. The molecule has 0 aromatic carbocycles. The van der Waals surface area contributed by atoms with Gasteiger partial charge in [0.1, 0.15) is 0 Å². The van der Waals surface area contributed by atoms with Crippen molar-refractivity contribution in [3.05, 3.63) is 0 Å². The van der Waals surface area contributed by atoms with E-state index in [1.807, 2.05) is 0 Å². The van der Waals surface area contributed by atoms with Crippen molar-refractivity contribution in [1.29, 1.82) is 0 Å². The van der Waals surface area contributed by atoms with Crippen molar-refractivity contribution < 1.29 is 4.74 Å². The Labute approximate surface area is 100 Å². The molecule has 0 amide bonds. The normalized spacial score (nSPS) is 26.2. The first-order chi connectivity index (χ1) is 7.76. The minimum Gasteiger partial charge on any atom is -0.377 e. The zero-order valence-electron chi connectivity index (χ0n) is 10.9. The predicted molar refractivity (Wildman–Crippen MR) is 68.6 cm³/mol. The van der Waals surface area contributed by atoms with Gasteiger partial charge in [0, 0.05) is 18.6 Å². The van der Waals surface area contributed by atoms with Crippen LogP contribution in [0.3, 0.4) is 0 Å². The van der Waals surface area contributed by atoms with Gasteiger partial charge in [-0.1, -0.05) is 13.8 Å². The van der Waals surface area contributed by atoms with Crippen LogP contribution in [0.4, 0.5) is 0 Å². The van der Waals surface area contributed by atoms with E-state index in [0.29, 0.717) is 18.2 Å². The van der Waals surface area contributed by atoms with Crippen molar-refractivity contribution in [1.82, 2.24) is 5.32 Å². The van der Waals surface area contributed by atoms with E-state index in [0.717, 1.165) is 38.8 Å². The van der Waals surface area contributed by atoms with Crippen molar-refractivity contribution in [3.8, 4) is 0 Å². The zero-order valence-corrected chi connectivity index (χ0v) is 10.9. The Hall–Kier alpha value is -0.120. The Morgan fingerprint density at radius 2 is 1.81 bits per heavy atom. The summed E-state index contributed by atoms with van der Waals surface area (Å²) in [5.41, 5.74) is 5.86. The maximum absolute atomic E-state index is 5.86. The van der Waals surface area contributed by atoms with Gasteiger partial charge in [0.25, 0.3) is 0 Å². The second-order valence-corrected chi connectivity index (χ2v) is 4.88. The smallest absolute Gasteiger partial charge is 0.0594 e. The average molecular weight is 228 g/mol. The number of hydrogen-bond acceptors (Lipinski definition) is 3. The SMILES string of the molecule is CCC(CC)NCCOC1CCC(N)CC1. The van der Waals surface area contributed by atoms with Crippen LogP contribution in [0.1, 0.15) is 52.4 Å². The molecular formula is C13H28N2O. The molecule has 1 rings (SSSR count). The molecular weight excluding hydrogens is 200 g/mol. The Morgan fingerprint density at radius 3 is 2.38 bits per heavy atom. The van der Waals surface area contributed by atoms with Crippen LogP contribution in [-0.4, -0.2) is 31.3 Å². The quantitative estimate of drug-likeness (QED) is 0.656. The maximum Gasteiger partial charge on any atom is 0.0594 e. The zero-order chi connectivity index (χ0) is 11.8. The van der Waals surface area contributed by atoms with Gasteiger partial charge < -0.3 is 15.8 Å². The first kappa shape index (κ1) is 13.9. The van der Waals surface area contributed by atoms with Crippen molar-refractivity contribution in [2.45, 2.75) is 70.6 Å². The highest BCUT2D eigenvalue weighted by molar-refractivity contribution is 4.74. The van der Waals surface area contributed by atoms with E-state index < -0.39 is 0 Å². The van der Waals surface area contributed by atoms with Gasteiger partial charge in [0.15, 0.2) is 0 Å². The largest absolute Gasteiger partial charge is 0.377 e. The van der Waals surface area contributed by atoms with Crippen LogP contribution in [0.2, 0.25) is 0 Å². The lowest BCUT2D eigenvalue weighted by Gasteiger charge is -2.26. The first-order valence-electron chi connectivity index (χ1n) is 6.86. The number of hydrogen-bond donors (Lipinski definition) is 2. The van der Waals surface area contributed by atoms with E-state index in [9.17, 15) is 0 Å². The second-order valence-electron chi connectivity index (χ2n) is 4.88. The molecule has 3 nitrogen and oxygen atoms in total. The van der Waals surface area contributed by atoms with Gasteiger partial charge in [-0.3, -0.25) is 0 Å². The van der Waals surface area contributed by atoms with Crippen LogP contribution >= 0.6 is 0 Å². The van der Waals surface area contributed by atoms with Gasteiger partial charge in [-0.25, -0.2) is 0 Å². The number of ether oxygens (including phenoxy) is 1. The Morgan fingerprint density at radius 1 is 1.19 bits per heavy atom. The van der Waals surface area contributed by atoms with E-state index in [2.05, 4.69) is 19.2 Å². The summed E-state index contributed by atoms with van der Waals surface area (Å²) in [6.45, 7) is 6.28. The molecule has 1 fully saturated rings. The highest BCUT2D eigenvalue weighted by Crippen LogP contribution is 2.19. The molecule has 1 saturated carbocycles. The van der Waals surface area contributed by atoms with Gasteiger partial charge in [-0.05, 0) is 38.5 Å². The summed E-state index contributed by atoms with van der Waals surface area (Å²) in [7, 11) is 0. The van der Waals surface area contributed by atoms with Crippen LogP contribution in [0.25, 0.3) is 0 Å². The topological polar surface area (TPSA) is 47.3 Å². The van der Waals surface area contributed by atoms with Crippen LogP contribution in [0.15, 0.2) is 0 Å². The molecule has 0 bridgehead atoms. The van der Waals surface area contributed by atoms with Crippen LogP contribution in [0.5, 0.6) is 0 Å². The molecule has 16 heavy (non-hydrogen) atoms. The molecule has 3 heteroatoms. The van der Waals surface area contributed by atoms with E-state index in [1.165, 1.54) is 12.8 Å². The minimum absolute atomic E-state index is 0.419. The third-order valence-corrected chi connectivity index (χ3v) is 3.59. The van der Waals surface area contributed by atoms with Crippen molar-refractivity contribution in [2.75, 3.05) is 13.2 Å².